The van der Waals surface area contributed by atoms with Crippen LogP contribution >= 0.6 is 11.6 Å². The fraction of sp³-hybridized carbons (Fsp3) is 0.278. The zero-order valence-corrected chi connectivity index (χ0v) is 14.4. The van der Waals surface area contributed by atoms with Crippen molar-refractivity contribution in [2.24, 2.45) is 0 Å². The van der Waals surface area contributed by atoms with E-state index in [1.807, 2.05) is 37.3 Å². The molecule has 7 heteroatoms. The van der Waals surface area contributed by atoms with E-state index in [4.69, 9.17) is 11.6 Å². The van der Waals surface area contributed by atoms with E-state index in [2.05, 4.69) is 5.32 Å². The summed E-state index contributed by atoms with van der Waals surface area (Å²) in [4.78, 5) is 13.9. The minimum Gasteiger partial charge on any atom is -0.384 e. The number of alkyl halides is 3. The molecule has 0 heterocycles. The summed E-state index contributed by atoms with van der Waals surface area (Å²) in [6.07, 6.45) is -4.45. The smallest absolute Gasteiger partial charge is 0.384 e. The zero-order valence-electron chi connectivity index (χ0n) is 13.6. The average Bonchev–Trinajstić information content (AvgIpc) is 2.57. The molecule has 3 nitrogen and oxygen atoms in total. The van der Waals surface area contributed by atoms with Crippen molar-refractivity contribution in [3.05, 3.63) is 59.1 Å². The number of anilines is 2. The molecular formula is C18H18ClF3N2O. The van der Waals surface area contributed by atoms with Gasteiger partial charge in [0, 0.05) is 35.9 Å². The van der Waals surface area contributed by atoms with Gasteiger partial charge in [-0.3, -0.25) is 4.79 Å². The van der Waals surface area contributed by atoms with Crippen molar-refractivity contribution < 1.29 is 18.0 Å². The highest BCUT2D eigenvalue weighted by Crippen LogP contribution is 2.36. The number of nitrogens with zero attached hydrogens (tertiary/aromatic N) is 1. The zero-order chi connectivity index (χ0) is 18.4. The van der Waals surface area contributed by atoms with Gasteiger partial charge in [-0.2, -0.15) is 13.2 Å². The molecule has 1 N–H and O–H groups in total. The standard InChI is InChI=1S/C18H18ClF3N2O/c1-2-24(14-6-4-3-5-7-14)17(25)10-11-23-16-9-8-13(19)12-15(16)18(20,21)22/h3-9,12,23H,2,10-11H2,1H3. The predicted octanol–water partition coefficient (Wildman–Crippen LogP) is 5.21. The minimum absolute atomic E-state index is 0.00943. The van der Waals surface area contributed by atoms with Gasteiger partial charge in [0.2, 0.25) is 5.91 Å². The lowest BCUT2D eigenvalue weighted by Crippen LogP contribution is -2.31. The Bertz CT molecular complexity index is 720. The van der Waals surface area contributed by atoms with Crippen LogP contribution in [0.25, 0.3) is 0 Å². The number of halogens is 4. The number of hydrogen-bond acceptors (Lipinski definition) is 2. The van der Waals surface area contributed by atoms with Crippen LogP contribution in [0, 0.1) is 0 Å². The Morgan fingerprint density at radius 1 is 1.16 bits per heavy atom. The molecule has 0 atom stereocenters. The number of nitrogens with one attached hydrogen (secondary N) is 1. The van der Waals surface area contributed by atoms with Crippen LogP contribution in [0.4, 0.5) is 24.5 Å². The number of amides is 1. The van der Waals surface area contributed by atoms with Gasteiger partial charge in [-0.15, -0.1) is 0 Å². The second-order valence-electron chi connectivity index (χ2n) is 5.34. The minimum atomic E-state index is -4.52. The Morgan fingerprint density at radius 2 is 1.84 bits per heavy atom. The Labute approximate surface area is 149 Å². The molecule has 0 aliphatic heterocycles. The van der Waals surface area contributed by atoms with Crippen LogP contribution in [-0.2, 0) is 11.0 Å². The van der Waals surface area contributed by atoms with E-state index < -0.39 is 11.7 Å². The molecular weight excluding hydrogens is 353 g/mol. The number of hydrogen-bond donors (Lipinski definition) is 1. The summed E-state index contributed by atoms with van der Waals surface area (Å²) in [7, 11) is 0. The molecule has 0 bridgehead atoms. The average molecular weight is 371 g/mol. The summed E-state index contributed by atoms with van der Waals surface area (Å²) in [5, 5.41) is 2.69. The highest BCUT2D eigenvalue weighted by molar-refractivity contribution is 6.30. The van der Waals surface area contributed by atoms with Crippen LogP contribution in [0.1, 0.15) is 18.9 Å². The molecule has 0 unspecified atom stereocenters. The topological polar surface area (TPSA) is 32.3 Å². The van der Waals surface area contributed by atoms with Gasteiger partial charge in [0.1, 0.15) is 0 Å². The fourth-order valence-corrected chi connectivity index (χ4v) is 2.63. The third kappa shape index (κ3) is 5.13. The Morgan fingerprint density at radius 3 is 2.44 bits per heavy atom. The summed E-state index contributed by atoms with van der Waals surface area (Å²) in [5.74, 6) is -0.163. The number of carbonyl (C=O) groups excluding carboxylic acids is 1. The maximum atomic E-state index is 13.0. The molecule has 0 aromatic heterocycles. The normalized spacial score (nSPS) is 11.2. The van der Waals surface area contributed by atoms with Gasteiger partial charge in [0.15, 0.2) is 0 Å². The van der Waals surface area contributed by atoms with Crippen molar-refractivity contribution in [3.8, 4) is 0 Å². The molecule has 0 saturated heterocycles. The second-order valence-corrected chi connectivity index (χ2v) is 5.77. The van der Waals surface area contributed by atoms with Crippen molar-refractivity contribution in [2.75, 3.05) is 23.3 Å². The number of carbonyl (C=O) groups is 1. The monoisotopic (exact) mass is 370 g/mol. The lowest BCUT2D eigenvalue weighted by atomic mass is 10.1. The summed E-state index contributed by atoms with van der Waals surface area (Å²) in [6.45, 7) is 2.42. The molecule has 2 aromatic carbocycles. The van der Waals surface area contributed by atoms with E-state index >= 15 is 0 Å². The molecule has 0 saturated carbocycles. The van der Waals surface area contributed by atoms with Gasteiger partial charge < -0.3 is 10.2 Å². The molecule has 0 radical (unpaired) electrons. The maximum Gasteiger partial charge on any atom is 0.418 e. The summed E-state index contributed by atoms with van der Waals surface area (Å²) in [5.41, 5.74) is -0.173. The SMILES string of the molecule is CCN(C(=O)CCNc1ccc(Cl)cc1C(F)(F)F)c1ccccc1. The van der Waals surface area contributed by atoms with E-state index in [0.717, 1.165) is 11.8 Å². The molecule has 2 rings (SSSR count). The Hall–Kier alpha value is -2.21. The first kappa shape index (κ1) is 19.1. The van der Waals surface area contributed by atoms with Gasteiger partial charge in [-0.05, 0) is 37.3 Å². The first-order chi connectivity index (χ1) is 11.8. The first-order valence-electron chi connectivity index (χ1n) is 7.79. The van der Waals surface area contributed by atoms with Gasteiger partial charge in [0.25, 0.3) is 0 Å². The van der Waals surface area contributed by atoms with Gasteiger partial charge in [-0.25, -0.2) is 0 Å². The van der Waals surface area contributed by atoms with E-state index in [9.17, 15) is 18.0 Å². The second kappa shape index (κ2) is 8.25. The number of para-hydroxylation sites is 1. The molecule has 0 aliphatic rings. The van der Waals surface area contributed by atoms with Crippen LogP contribution in [0.5, 0.6) is 0 Å². The molecule has 1 amide bonds. The third-order valence-electron chi connectivity index (χ3n) is 3.63. The molecule has 2 aromatic rings. The van der Waals surface area contributed by atoms with E-state index in [1.54, 1.807) is 4.90 Å². The summed E-state index contributed by atoms with van der Waals surface area (Å²) >= 11 is 5.65. The molecule has 134 valence electrons. The van der Waals surface area contributed by atoms with Gasteiger partial charge in [-0.1, -0.05) is 29.8 Å². The Kier molecular flexibility index (Phi) is 6.31. The van der Waals surface area contributed by atoms with Crippen molar-refractivity contribution in [3.63, 3.8) is 0 Å². The summed E-state index contributed by atoms with van der Waals surface area (Å²) in [6, 6.07) is 12.6. The highest BCUT2D eigenvalue weighted by Gasteiger charge is 2.33. The molecule has 0 spiro atoms. The van der Waals surface area contributed by atoms with Crippen LogP contribution in [0.3, 0.4) is 0 Å². The van der Waals surface area contributed by atoms with Gasteiger partial charge in [0.05, 0.1) is 5.56 Å². The van der Waals surface area contributed by atoms with Crippen LogP contribution < -0.4 is 10.2 Å². The lowest BCUT2D eigenvalue weighted by Gasteiger charge is -2.21. The summed E-state index contributed by atoms with van der Waals surface area (Å²) < 4.78 is 39.1. The van der Waals surface area contributed by atoms with Crippen molar-refractivity contribution in [1.29, 1.82) is 0 Å². The molecule has 0 fully saturated rings. The van der Waals surface area contributed by atoms with E-state index in [-0.39, 0.29) is 29.6 Å². The predicted molar refractivity (Wildman–Crippen MR) is 94.0 cm³/mol. The van der Waals surface area contributed by atoms with E-state index in [0.29, 0.717) is 6.54 Å². The number of benzene rings is 2. The number of rotatable bonds is 6. The molecule has 25 heavy (non-hydrogen) atoms. The third-order valence-corrected chi connectivity index (χ3v) is 3.86. The largest absolute Gasteiger partial charge is 0.418 e. The van der Waals surface area contributed by atoms with Gasteiger partial charge >= 0.3 is 6.18 Å². The van der Waals surface area contributed by atoms with Crippen LogP contribution in [0.2, 0.25) is 5.02 Å². The highest BCUT2D eigenvalue weighted by atomic mass is 35.5. The molecule has 0 aliphatic carbocycles. The first-order valence-corrected chi connectivity index (χ1v) is 8.16. The Balaban J connectivity index is 2.02. The fourth-order valence-electron chi connectivity index (χ4n) is 2.46. The van der Waals surface area contributed by atoms with E-state index in [1.165, 1.54) is 12.1 Å². The van der Waals surface area contributed by atoms with Crippen molar-refractivity contribution >= 4 is 28.9 Å². The van der Waals surface area contributed by atoms with Crippen LogP contribution in [-0.4, -0.2) is 19.0 Å². The van der Waals surface area contributed by atoms with Crippen LogP contribution in [0.15, 0.2) is 48.5 Å². The van der Waals surface area contributed by atoms with Crippen molar-refractivity contribution in [1.82, 2.24) is 0 Å². The lowest BCUT2D eigenvalue weighted by molar-refractivity contribution is -0.137. The quantitative estimate of drug-likeness (QED) is 0.756. The maximum absolute atomic E-state index is 13.0. The van der Waals surface area contributed by atoms with Crippen molar-refractivity contribution in [2.45, 2.75) is 19.5 Å².